The number of carbonyl (C=O) groups is 1. The number of nitrogens with zero attached hydrogens (tertiary/aromatic N) is 2. The molecule has 1 heterocycles. The van der Waals surface area contributed by atoms with E-state index in [1.807, 2.05) is 32.9 Å². The Hall–Kier alpha value is -2.89. The standard InChI is InChI=1S/C22H29N3O3/c1-22(2,3)28-21(27)25-13-11-24(12-14-25)19-9-7-18(8-10-19)23-16-17-5-4-6-20(26)15-17/h4-10,15,23,26H,11-14,16H2,1-3H3. The third kappa shape index (κ3) is 5.55. The molecule has 0 aliphatic carbocycles. The van der Waals surface area contributed by atoms with E-state index in [0.717, 1.165) is 30.0 Å². The van der Waals surface area contributed by atoms with Gasteiger partial charge < -0.3 is 25.0 Å². The van der Waals surface area contributed by atoms with Crippen molar-refractivity contribution in [1.29, 1.82) is 0 Å². The lowest BCUT2D eigenvalue weighted by Gasteiger charge is -2.36. The third-order valence-corrected chi connectivity index (χ3v) is 4.57. The number of anilines is 2. The van der Waals surface area contributed by atoms with Gasteiger partial charge in [0.25, 0.3) is 0 Å². The SMILES string of the molecule is CC(C)(C)OC(=O)N1CCN(c2ccc(NCc3cccc(O)c3)cc2)CC1. The van der Waals surface area contributed by atoms with Crippen molar-refractivity contribution in [3.8, 4) is 5.75 Å². The molecule has 1 aliphatic heterocycles. The molecule has 150 valence electrons. The fourth-order valence-electron chi connectivity index (χ4n) is 3.13. The minimum absolute atomic E-state index is 0.237. The highest BCUT2D eigenvalue weighted by atomic mass is 16.6. The quantitative estimate of drug-likeness (QED) is 0.833. The van der Waals surface area contributed by atoms with E-state index >= 15 is 0 Å². The first kappa shape index (κ1) is 19.9. The average Bonchev–Trinajstić information content (AvgIpc) is 2.66. The molecule has 1 saturated heterocycles. The van der Waals surface area contributed by atoms with E-state index in [4.69, 9.17) is 4.74 Å². The fourth-order valence-corrected chi connectivity index (χ4v) is 3.13. The summed E-state index contributed by atoms with van der Waals surface area (Å²) in [6.45, 7) is 9.21. The highest BCUT2D eigenvalue weighted by Crippen LogP contribution is 2.21. The summed E-state index contributed by atoms with van der Waals surface area (Å²) in [6.07, 6.45) is -0.237. The van der Waals surface area contributed by atoms with E-state index in [1.54, 1.807) is 17.0 Å². The molecule has 1 aliphatic rings. The van der Waals surface area contributed by atoms with Crippen molar-refractivity contribution in [2.75, 3.05) is 36.4 Å². The molecule has 0 bridgehead atoms. The number of hydrogen-bond acceptors (Lipinski definition) is 5. The Morgan fingerprint density at radius 1 is 1.07 bits per heavy atom. The molecular formula is C22H29N3O3. The summed E-state index contributed by atoms with van der Waals surface area (Å²) in [4.78, 5) is 16.2. The second kappa shape index (κ2) is 8.42. The summed E-state index contributed by atoms with van der Waals surface area (Å²) in [7, 11) is 0. The second-order valence-corrected chi connectivity index (χ2v) is 8.02. The van der Waals surface area contributed by atoms with E-state index in [0.29, 0.717) is 19.6 Å². The van der Waals surface area contributed by atoms with Gasteiger partial charge in [-0.1, -0.05) is 12.1 Å². The number of benzene rings is 2. The third-order valence-electron chi connectivity index (χ3n) is 4.57. The van der Waals surface area contributed by atoms with Crippen LogP contribution in [0.5, 0.6) is 5.75 Å². The molecule has 0 spiro atoms. The molecule has 0 radical (unpaired) electrons. The highest BCUT2D eigenvalue weighted by Gasteiger charge is 2.25. The molecule has 0 unspecified atom stereocenters. The van der Waals surface area contributed by atoms with Crippen LogP contribution in [0.1, 0.15) is 26.3 Å². The number of nitrogens with one attached hydrogen (secondary N) is 1. The van der Waals surface area contributed by atoms with Crippen molar-refractivity contribution >= 4 is 17.5 Å². The lowest BCUT2D eigenvalue weighted by molar-refractivity contribution is 0.0240. The van der Waals surface area contributed by atoms with Crippen molar-refractivity contribution in [3.05, 3.63) is 54.1 Å². The van der Waals surface area contributed by atoms with Crippen LogP contribution >= 0.6 is 0 Å². The van der Waals surface area contributed by atoms with Gasteiger partial charge in [0.2, 0.25) is 0 Å². The molecule has 0 atom stereocenters. The zero-order valence-corrected chi connectivity index (χ0v) is 16.8. The largest absolute Gasteiger partial charge is 0.508 e. The normalized spacial score (nSPS) is 14.7. The van der Waals surface area contributed by atoms with E-state index in [-0.39, 0.29) is 11.8 Å². The topological polar surface area (TPSA) is 65.0 Å². The molecule has 0 saturated carbocycles. The van der Waals surface area contributed by atoms with Crippen LogP contribution < -0.4 is 10.2 Å². The Morgan fingerprint density at radius 3 is 2.36 bits per heavy atom. The molecule has 3 rings (SSSR count). The summed E-state index contributed by atoms with van der Waals surface area (Å²) < 4.78 is 5.45. The molecular weight excluding hydrogens is 354 g/mol. The Kier molecular flexibility index (Phi) is 5.97. The molecule has 1 fully saturated rings. The Labute approximate surface area is 166 Å². The predicted molar refractivity (Wildman–Crippen MR) is 112 cm³/mol. The molecule has 28 heavy (non-hydrogen) atoms. The maximum atomic E-state index is 12.2. The van der Waals surface area contributed by atoms with Gasteiger partial charge >= 0.3 is 6.09 Å². The zero-order valence-electron chi connectivity index (χ0n) is 16.8. The molecule has 2 aromatic carbocycles. The minimum Gasteiger partial charge on any atom is -0.508 e. The van der Waals surface area contributed by atoms with E-state index < -0.39 is 5.60 Å². The van der Waals surface area contributed by atoms with Crippen molar-refractivity contribution in [2.45, 2.75) is 32.9 Å². The second-order valence-electron chi connectivity index (χ2n) is 8.02. The number of amides is 1. The van der Waals surface area contributed by atoms with Gasteiger partial charge in [-0.3, -0.25) is 0 Å². The van der Waals surface area contributed by atoms with Crippen molar-refractivity contribution < 1.29 is 14.6 Å². The van der Waals surface area contributed by atoms with Crippen LogP contribution in [0.25, 0.3) is 0 Å². The maximum absolute atomic E-state index is 12.2. The Balaban J connectivity index is 1.50. The fraction of sp³-hybridized carbons (Fsp3) is 0.409. The molecule has 1 amide bonds. The van der Waals surface area contributed by atoms with Gasteiger partial charge in [-0.2, -0.15) is 0 Å². The van der Waals surface area contributed by atoms with E-state index in [1.165, 1.54) is 0 Å². The number of phenols is 1. The molecule has 2 N–H and O–H groups in total. The van der Waals surface area contributed by atoms with Crippen LogP contribution in [-0.4, -0.2) is 47.9 Å². The number of carbonyl (C=O) groups excluding carboxylic acids is 1. The van der Waals surface area contributed by atoms with E-state index in [2.05, 4.69) is 34.5 Å². The smallest absolute Gasteiger partial charge is 0.410 e. The van der Waals surface area contributed by atoms with Crippen LogP contribution in [0, 0.1) is 0 Å². The summed E-state index contributed by atoms with van der Waals surface area (Å²) in [5, 5.41) is 12.9. The number of aromatic hydroxyl groups is 1. The van der Waals surface area contributed by atoms with Crippen LogP contribution in [-0.2, 0) is 11.3 Å². The number of ether oxygens (including phenoxy) is 1. The lowest BCUT2D eigenvalue weighted by Crippen LogP contribution is -2.50. The summed E-state index contributed by atoms with van der Waals surface area (Å²) in [6, 6.07) is 15.5. The lowest BCUT2D eigenvalue weighted by atomic mass is 10.2. The van der Waals surface area contributed by atoms with Crippen LogP contribution in [0.2, 0.25) is 0 Å². The Morgan fingerprint density at radius 2 is 1.75 bits per heavy atom. The molecule has 2 aromatic rings. The van der Waals surface area contributed by atoms with Gasteiger partial charge in [-0.05, 0) is 62.7 Å². The molecule has 6 nitrogen and oxygen atoms in total. The van der Waals surface area contributed by atoms with Gasteiger partial charge in [-0.15, -0.1) is 0 Å². The predicted octanol–water partition coefficient (Wildman–Crippen LogP) is 4.06. The average molecular weight is 383 g/mol. The van der Waals surface area contributed by atoms with Gasteiger partial charge in [0.1, 0.15) is 11.4 Å². The first-order valence-electron chi connectivity index (χ1n) is 9.65. The van der Waals surface area contributed by atoms with Crippen LogP contribution in [0.3, 0.4) is 0 Å². The molecule has 6 heteroatoms. The summed E-state index contributed by atoms with van der Waals surface area (Å²) >= 11 is 0. The monoisotopic (exact) mass is 383 g/mol. The van der Waals surface area contributed by atoms with Gasteiger partial charge in [-0.25, -0.2) is 4.79 Å². The number of phenolic OH excluding ortho intramolecular Hbond substituents is 1. The molecule has 0 aromatic heterocycles. The van der Waals surface area contributed by atoms with Gasteiger partial charge in [0.15, 0.2) is 0 Å². The number of piperazine rings is 1. The van der Waals surface area contributed by atoms with Gasteiger partial charge in [0, 0.05) is 44.1 Å². The maximum Gasteiger partial charge on any atom is 0.410 e. The minimum atomic E-state index is -0.463. The van der Waals surface area contributed by atoms with Crippen LogP contribution in [0.4, 0.5) is 16.2 Å². The van der Waals surface area contributed by atoms with Gasteiger partial charge in [0.05, 0.1) is 0 Å². The zero-order chi connectivity index (χ0) is 20.1. The summed E-state index contributed by atoms with van der Waals surface area (Å²) in [5.74, 6) is 0.278. The first-order valence-corrected chi connectivity index (χ1v) is 9.65. The highest BCUT2D eigenvalue weighted by molar-refractivity contribution is 5.68. The van der Waals surface area contributed by atoms with E-state index in [9.17, 15) is 9.90 Å². The Bertz CT molecular complexity index is 791. The van der Waals surface area contributed by atoms with Crippen molar-refractivity contribution in [3.63, 3.8) is 0 Å². The van der Waals surface area contributed by atoms with Crippen molar-refractivity contribution in [1.82, 2.24) is 4.90 Å². The summed E-state index contributed by atoms with van der Waals surface area (Å²) in [5.41, 5.74) is 2.74. The first-order chi connectivity index (χ1) is 13.3. The van der Waals surface area contributed by atoms with Crippen LogP contribution in [0.15, 0.2) is 48.5 Å². The number of hydrogen-bond donors (Lipinski definition) is 2. The number of rotatable bonds is 4. The van der Waals surface area contributed by atoms with Crippen molar-refractivity contribution in [2.24, 2.45) is 0 Å².